The molecule has 1 unspecified atom stereocenters. The number of carbonyl (C=O) groups excluding carboxylic acids is 1. The molecule has 4 heteroatoms. The lowest BCUT2D eigenvalue weighted by molar-refractivity contribution is -0.150. The van der Waals surface area contributed by atoms with Gasteiger partial charge >= 0.3 is 5.97 Å². The van der Waals surface area contributed by atoms with E-state index in [0.29, 0.717) is 6.42 Å². The van der Waals surface area contributed by atoms with Gasteiger partial charge in [0.1, 0.15) is 6.04 Å². The van der Waals surface area contributed by atoms with Gasteiger partial charge in [-0.15, -0.1) is 0 Å². The highest BCUT2D eigenvalue weighted by molar-refractivity contribution is 7.98. The van der Waals surface area contributed by atoms with E-state index in [4.69, 9.17) is 10.5 Å². The van der Waals surface area contributed by atoms with Gasteiger partial charge in [-0.25, -0.2) is 0 Å². The summed E-state index contributed by atoms with van der Waals surface area (Å²) in [6.45, 7) is 3.97. The number of hydrogen-bond donors (Lipinski definition) is 1. The number of thioether (sulfide) groups is 1. The van der Waals surface area contributed by atoms with Gasteiger partial charge in [0, 0.05) is 0 Å². The molecule has 0 aromatic rings. The van der Waals surface area contributed by atoms with Crippen molar-refractivity contribution in [2.75, 3.05) is 12.0 Å². The predicted octanol–water partition coefficient (Wildman–Crippen LogP) is 1.80. The maximum absolute atomic E-state index is 11.4. The average Bonchev–Trinajstić information content (AvgIpc) is 2.14. The first-order valence-corrected chi connectivity index (χ1v) is 6.46. The van der Waals surface area contributed by atoms with Crippen LogP contribution in [0, 0.1) is 0 Å². The van der Waals surface area contributed by atoms with Crippen LogP contribution in [0.4, 0.5) is 0 Å². The lowest BCUT2D eigenvalue weighted by atomic mass is 10.2. The first-order valence-electron chi connectivity index (χ1n) is 5.06. The lowest BCUT2D eigenvalue weighted by Crippen LogP contribution is -2.34. The Labute approximate surface area is 90.8 Å². The summed E-state index contributed by atoms with van der Waals surface area (Å²) in [7, 11) is 0. The van der Waals surface area contributed by atoms with E-state index in [2.05, 4.69) is 6.92 Å². The van der Waals surface area contributed by atoms with Gasteiger partial charge in [-0.05, 0) is 31.8 Å². The number of hydrogen-bond acceptors (Lipinski definition) is 4. The normalized spacial score (nSPS) is 14.9. The molecule has 0 fully saturated rings. The summed E-state index contributed by atoms with van der Waals surface area (Å²) in [6.07, 6.45) is 4.61. The second-order valence-electron chi connectivity index (χ2n) is 3.42. The van der Waals surface area contributed by atoms with Crippen LogP contribution in [0.5, 0.6) is 0 Å². The van der Waals surface area contributed by atoms with Crippen molar-refractivity contribution in [2.24, 2.45) is 5.73 Å². The molecule has 0 rings (SSSR count). The van der Waals surface area contributed by atoms with Crippen LogP contribution in [0.1, 0.15) is 33.1 Å². The molecular weight excluding hydrogens is 198 g/mol. The van der Waals surface area contributed by atoms with Crippen LogP contribution in [0.2, 0.25) is 0 Å². The smallest absolute Gasteiger partial charge is 0.323 e. The van der Waals surface area contributed by atoms with E-state index in [1.54, 1.807) is 11.8 Å². The van der Waals surface area contributed by atoms with Crippen LogP contribution in [-0.4, -0.2) is 30.1 Å². The Morgan fingerprint density at radius 2 is 2.14 bits per heavy atom. The van der Waals surface area contributed by atoms with Gasteiger partial charge < -0.3 is 10.5 Å². The molecule has 84 valence electrons. The first-order chi connectivity index (χ1) is 6.61. The monoisotopic (exact) mass is 219 g/mol. The van der Waals surface area contributed by atoms with Gasteiger partial charge in [0.25, 0.3) is 0 Å². The van der Waals surface area contributed by atoms with E-state index in [0.717, 1.165) is 18.6 Å². The van der Waals surface area contributed by atoms with Gasteiger partial charge in [0.05, 0.1) is 6.10 Å². The number of rotatable bonds is 7. The molecule has 0 spiro atoms. The summed E-state index contributed by atoms with van der Waals surface area (Å²) in [5.74, 6) is 0.637. The van der Waals surface area contributed by atoms with Crippen molar-refractivity contribution in [1.29, 1.82) is 0 Å². The summed E-state index contributed by atoms with van der Waals surface area (Å²) in [4.78, 5) is 11.4. The van der Waals surface area contributed by atoms with Crippen molar-refractivity contribution >= 4 is 17.7 Å². The Hall–Kier alpha value is -0.220. The molecule has 0 radical (unpaired) electrons. The van der Waals surface area contributed by atoms with Crippen molar-refractivity contribution in [3.8, 4) is 0 Å². The highest BCUT2D eigenvalue weighted by atomic mass is 32.2. The van der Waals surface area contributed by atoms with Crippen LogP contribution >= 0.6 is 11.8 Å². The van der Waals surface area contributed by atoms with E-state index < -0.39 is 6.04 Å². The molecule has 2 N–H and O–H groups in total. The third kappa shape index (κ3) is 6.27. The van der Waals surface area contributed by atoms with E-state index in [-0.39, 0.29) is 12.1 Å². The van der Waals surface area contributed by atoms with Crippen molar-refractivity contribution in [3.05, 3.63) is 0 Å². The molecule has 2 atom stereocenters. The molecule has 0 aliphatic heterocycles. The highest BCUT2D eigenvalue weighted by Crippen LogP contribution is 2.05. The fourth-order valence-corrected chi connectivity index (χ4v) is 1.60. The second-order valence-corrected chi connectivity index (χ2v) is 4.41. The Morgan fingerprint density at radius 1 is 1.50 bits per heavy atom. The minimum atomic E-state index is -0.457. The average molecular weight is 219 g/mol. The standard InChI is InChI=1S/C10H21NO2S/c1-4-5-8(2)13-10(12)9(11)6-7-14-3/h8-9H,4-7,11H2,1-3H3/t8?,9-/m1/s1. The van der Waals surface area contributed by atoms with Crippen molar-refractivity contribution in [2.45, 2.75) is 45.3 Å². The molecule has 0 amide bonds. The maximum atomic E-state index is 11.4. The van der Waals surface area contributed by atoms with Gasteiger partial charge in [0.15, 0.2) is 0 Å². The molecule has 3 nitrogen and oxygen atoms in total. The molecule has 0 aromatic heterocycles. The van der Waals surface area contributed by atoms with Crippen LogP contribution in [0.25, 0.3) is 0 Å². The largest absolute Gasteiger partial charge is 0.462 e. The molecule has 0 heterocycles. The topological polar surface area (TPSA) is 52.3 Å². The fourth-order valence-electron chi connectivity index (χ4n) is 1.11. The van der Waals surface area contributed by atoms with Gasteiger partial charge in [-0.1, -0.05) is 13.3 Å². The fraction of sp³-hybridized carbons (Fsp3) is 0.900. The third-order valence-electron chi connectivity index (χ3n) is 1.95. The second kappa shape index (κ2) is 8.12. The van der Waals surface area contributed by atoms with Crippen LogP contribution in [0.15, 0.2) is 0 Å². The predicted molar refractivity (Wildman–Crippen MR) is 61.4 cm³/mol. The van der Waals surface area contributed by atoms with Crippen molar-refractivity contribution in [1.82, 2.24) is 0 Å². The molecule has 14 heavy (non-hydrogen) atoms. The molecule has 0 bridgehead atoms. The first kappa shape index (κ1) is 13.8. The van der Waals surface area contributed by atoms with E-state index in [9.17, 15) is 4.79 Å². The zero-order chi connectivity index (χ0) is 11.0. The van der Waals surface area contributed by atoms with Gasteiger partial charge in [-0.2, -0.15) is 11.8 Å². The lowest BCUT2D eigenvalue weighted by Gasteiger charge is -2.15. The van der Waals surface area contributed by atoms with Crippen molar-refractivity contribution in [3.63, 3.8) is 0 Å². The summed E-state index contributed by atoms with van der Waals surface area (Å²) >= 11 is 1.69. The number of esters is 1. The Bertz CT molecular complexity index is 164. The maximum Gasteiger partial charge on any atom is 0.323 e. The summed E-state index contributed by atoms with van der Waals surface area (Å²) in [6, 6.07) is -0.457. The summed E-state index contributed by atoms with van der Waals surface area (Å²) in [5, 5.41) is 0. The SMILES string of the molecule is CCCC(C)OC(=O)[C@H](N)CCSC. The minimum Gasteiger partial charge on any atom is -0.462 e. The van der Waals surface area contributed by atoms with Gasteiger partial charge in [-0.3, -0.25) is 4.79 Å². The van der Waals surface area contributed by atoms with Gasteiger partial charge in [0.2, 0.25) is 0 Å². The molecule has 0 saturated heterocycles. The number of ether oxygens (including phenoxy) is 1. The van der Waals surface area contributed by atoms with Crippen LogP contribution in [-0.2, 0) is 9.53 Å². The van der Waals surface area contributed by atoms with E-state index >= 15 is 0 Å². The molecule has 0 aliphatic carbocycles. The highest BCUT2D eigenvalue weighted by Gasteiger charge is 2.16. The molecular formula is C10H21NO2S. The quantitative estimate of drug-likeness (QED) is 0.663. The van der Waals surface area contributed by atoms with E-state index in [1.165, 1.54) is 0 Å². The van der Waals surface area contributed by atoms with Crippen LogP contribution in [0.3, 0.4) is 0 Å². The van der Waals surface area contributed by atoms with Crippen LogP contribution < -0.4 is 5.73 Å². The third-order valence-corrected chi connectivity index (χ3v) is 2.59. The molecule has 0 aromatic carbocycles. The summed E-state index contributed by atoms with van der Waals surface area (Å²) in [5.41, 5.74) is 5.66. The Kier molecular flexibility index (Phi) is 7.99. The zero-order valence-electron chi connectivity index (χ0n) is 9.29. The van der Waals surface area contributed by atoms with E-state index in [1.807, 2.05) is 13.2 Å². The van der Waals surface area contributed by atoms with Crippen molar-refractivity contribution < 1.29 is 9.53 Å². The molecule has 0 aliphatic rings. The Balaban J connectivity index is 3.71. The number of carbonyl (C=O) groups is 1. The minimum absolute atomic E-state index is 0.00664. The molecule has 0 saturated carbocycles. The zero-order valence-corrected chi connectivity index (χ0v) is 10.1. The summed E-state index contributed by atoms with van der Waals surface area (Å²) < 4.78 is 5.18. The number of nitrogens with two attached hydrogens (primary N) is 1. The Morgan fingerprint density at radius 3 is 2.64 bits per heavy atom.